The number of carbonyl (C=O) groups is 1. The van der Waals surface area contributed by atoms with Crippen molar-refractivity contribution in [3.05, 3.63) is 59.9 Å². The predicted molar refractivity (Wildman–Crippen MR) is 103 cm³/mol. The number of nitro groups is 1. The first-order valence-electron chi connectivity index (χ1n) is 7.57. The molecule has 3 rings (SSSR count). The van der Waals surface area contributed by atoms with Crippen LogP contribution in [-0.4, -0.2) is 20.4 Å². The monoisotopic (exact) mass is 436 g/mol. The number of nitrogens with zero attached hydrogens (tertiary/aromatic N) is 3. The minimum atomic E-state index is -0.538. The van der Waals surface area contributed by atoms with Crippen molar-refractivity contribution in [2.45, 2.75) is 20.4 Å². The van der Waals surface area contributed by atoms with Crippen molar-refractivity contribution in [1.82, 2.24) is 9.55 Å². The molecule has 2 heterocycles. The van der Waals surface area contributed by atoms with E-state index in [1.165, 1.54) is 29.1 Å². The molecule has 0 atom stereocenters. The fourth-order valence-corrected chi connectivity index (χ4v) is 3.88. The maximum absolute atomic E-state index is 12.7. The van der Waals surface area contributed by atoms with Gasteiger partial charge < -0.3 is 5.32 Å². The highest BCUT2D eigenvalue weighted by atomic mass is 79.9. The number of aromatic nitrogens is 2. The summed E-state index contributed by atoms with van der Waals surface area (Å²) in [4.78, 5) is 40.6. The molecular weight excluding hydrogens is 424 g/mol. The van der Waals surface area contributed by atoms with Gasteiger partial charge in [0.2, 0.25) is 0 Å². The van der Waals surface area contributed by atoms with Gasteiger partial charge in [0.15, 0.2) is 0 Å². The molecule has 2 aromatic heterocycles. The summed E-state index contributed by atoms with van der Waals surface area (Å²) in [6.45, 7) is 4.02. The number of hydrogen-bond acceptors (Lipinski definition) is 6. The van der Waals surface area contributed by atoms with Crippen LogP contribution in [0.3, 0.4) is 0 Å². The number of rotatable bonds is 4. The molecule has 0 aliphatic rings. The molecule has 3 aromatic rings. The molecule has 0 aliphatic heterocycles. The summed E-state index contributed by atoms with van der Waals surface area (Å²) >= 11 is 4.38. The highest BCUT2D eigenvalue weighted by Crippen LogP contribution is 2.31. The van der Waals surface area contributed by atoms with E-state index in [2.05, 4.69) is 26.2 Å². The zero-order valence-electron chi connectivity index (χ0n) is 13.8. The summed E-state index contributed by atoms with van der Waals surface area (Å²) in [6, 6.07) is 4.10. The number of hydrogen-bond donors (Lipinski definition) is 1. The van der Waals surface area contributed by atoms with Crippen LogP contribution in [0.4, 0.5) is 11.4 Å². The Morgan fingerprint density at radius 3 is 2.85 bits per heavy atom. The van der Waals surface area contributed by atoms with E-state index in [4.69, 9.17) is 0 Å². The number of thiophene rings is 1. The van der Waals surface area contributed by atoms with Gasteiger partial charge in [0, 0.05) is 23.2 Å². The molecule has 1 amide bonds. The lowest BCUT2D eigenvalue weighted by molar-refractivity contribution is -0.384. The Morgan fingerprint density at radius 2 is 2.19 bits per heavy atom. The maximum Gasteiger partial charge on any atom is 0.271 e. The van der Waals surface area contributed by atoms with Crippen molar-refractivity contribution in [3.63, 3.8) is 0 Å². The summed E-state index contributed by atoms with van der Waals surface area (Å²) in [5.41, 5.74) is 0.496. The number of halogens is 1. The Labute approximate surface area is 159 Å². The van der Waals surface area contributed by atoms with Gasteiger partial charge in [-0.25, -0.2) is 4.98 Å². The van der Waals surface area contributed by atoms with E-state index in [1.54, 1.807) is 6.92 Å². The number of non-ortho nitro benzene ring substituents is 1. The highest BCUT2D eigenvalue weighted by Gasteiger charge is 2.20. The number of anilines is 1. The molecular formula is C16H13BrN4O4S. The first-order valence-corrected chi connectivity index (χ1v) is 9.18. The largest absolute Gasteiger partial charge is 0.320 e. The molecule has 0 saturated carbocycles. The van der Waals surface area contributed by atoms with Crippen molar-refractivity contribution in [3.8, 4) is 0 Å². The van der Waals surface area contributed by atoms with Crippen molar-refractivity contribution in [2.24, 2.45) is 0 Å². The van der Waals surface area contributed by atoms with Crippen LogP contribution in [-0.2, 0) is 6.54 Å². The van der Waals surface area contributed by atoms with Crippen molar-refractivity contribution < 1.29 is 9.72 Å². The fourth-order valence-electron chi connectivity index (χ4n) is 2.50. The quantitative estimate of drug-likeness (QED) is 0.495. The van der Waals surface area contributed by atoms with Crippen molar-refractivity contribution in [1.29, 1.82) is 0 Å². The zero-order chi connectivity index (χ0) is 19.0. The summed E-state index contributed by atoms with van der Waals surface area (Å²) < 4.78 is 1.99. The highest BCUT2D eigenvalue weighted by molar-refractivity contribution is 9.10. The number of benzene rings is 1. The van der Waals surface area contributed by atoms with Gasteiger partial charge in [-0.15, -0.1) is 11.3 Å². The number of fused-ring (bicyclic) bond motifs is 1. The van der Waals surface area contributed by atoms with Gasteiger partial charge in [-0.1, -0.05) is 0 Å². The van der Waals surface area contributed by atoms with Gasteiger partial charge >= 0.3 is 0 Å². The minimum absolute atomic E-state index is 0.135. The third-order valence-corrected chi connectivity index (χ3v) is 5.76. The molecule has 134 valence electrons. The Kier molecular flexibility index (Phi) is 4.88. The summed E-state index contributed by atoms with van der Waals surface area (Å²) in [5, 5.41) is 14.0. The molecule has 10 heteroatoms. The normalized spacial score (nSPS) is 10.9. The lowest BCUT2D eigenvalue weighted by atomic mass is 10.2. The van der Waals surface area contributed by atoms with E-state index in [1.807, 2.05) is 6.92 Å². The first-order chi connectivity index (χ1) is 12.3. The van der Waals surface area contributed by atoms with E-state index >= 15 is 0 Å². The minimum Gasteiger partial charge on any atom is -0.320 e. The Morgan fingerprint density at radius 1 is 1.46 bits per heavy atom. The molecule has 0 saturated heterocycles. The molecule has 0 radical (unpaired) electrons. The number of aryl methyl sites for hydroxylation is 2. The zero-order valence-corrected chi connectivity index (χ0v) is 16.2. The van der Waals surface area contributed by atoms with Gasteiger partial charge in [-0.3, -0.25) is 24.3 Å². The Bertz CT molecular complexity index is 1110. The van der Waals surface area contributed by atoms with Gasteiger partial charge in [0.25, 0.3) is 17.2 Å². The van der Waals surface area contributed by atoms with Gasteiger partial charge in [0.1, 0.15) is 4.83 Å². The molecule has 26 heavy (non-hydrogen) atoms. The topological polar surface area (TPSA) is 107 Å². The molecule has 0 spiro atoms. The second-order valence-electron chi connectivity index (χ2n) is 5.45. The smallest absolute Gasteiger partial charge is 0.271 e. The van der Waals surface area contributed by atoms with E-state index in [-0.39, 0.29) is 16.9 Å². The second kappa shape index (κ2) is 6.96. The van der Waals surface area contributed by atoms with Crippen LogP contribution in [0.5, 0.6) is 0 Å². The number of nitrogens with one attached hydrogen (secondary N) is 1. The molecule has 0 bridgehead atoms. The van der Waals surface area contributed by atoms with Gasteiger partial charge in [-0.2, -0.15) is 0 Å². The molecule has 0 fully saturated rings. The Hall–Kier alpha value is -2.59. The van der Waals surface area contributed by atoms with Crippen LogP contribution in [0.25, 0.3) is 10.2 Å². The molecule has 8 nitrogen and oxygen atoms in total. The van der Waals surface area contributed by atoms with E-state index in [0.29, 0.717) is 31.7 Å². The molecule has 1 aromatic carbocycles. The van der Waals surface area contributed by atoms with E-state index in [9.17, 15) is 19.7 Å². The third-order valence-electron chi connectivity index (χ3n) is 3.87. The average molecular weight is 437 g/mol. The van der Waals surface area contributed by atoms with Crippen LogP contribution < -0.4 is 10.9 Å². The lowest BCUT2D eigenvalue weighted by Gasteiger charge is -2.06. The average Bonchev–Trinajstić information content (AvgIpc) is 2.94. The van der Waals surface area contributed by atoms with Crippen LogP contribution in [0.1, 0.15) is 22.2 Å². The number of amides is 1. The summed E-state index contributed by atoms with van der Waals surface area (Å²) in [5.74, 6) is -0.450. The summed E-state index contributed by atoms with van der Waals surface area (Å²) in [7, 11) is 0. The van der Waals surface area contributed by atoms with Crippen LogP contribution >= 0.6 is 27.3 Å². The Balaban J connectivity index is 2.03. The van der Waals surface area contributed by atoms with Crippen molar-refractivity contribution >= 4 is 54.8 Å². The van der Waals surface area contributed by atoms with Crippen LogP contribution in [0.2, 0.25) is 0 Å². The van der Waals surface area contributed by atoms with Gasteiger partial charge in [-0.05, 0) is 41.4 Å². The SMILES string of the molecule is CCn1cnc2sc(C(=O)Nc3cc([N+](=O)[O-])ccc3Br)c(C)c2c1=O. The second-order valence-corrected chi connectivity index (χ2v) is 7.30. The van der Waals surface area contributed by atoms with E-state index < -0.39 is 10.8 Å². The first kappa shape index (κ1) is 18.2. The number of carbonyl (C=O) groups excluding carboxylic acids is 1. The lowest BCUT2D eigenvalue weighted by Crippen LogP contribution is -2.19. The summed E-state index contributed by atoms with van der Waals surface area (Å²) in [6.07, 6.45) is 1.46. The molecule has 0 unspecified atom stereocenters. The standard InChI is InChI=1S/C16H13BrN4O4S/c1-3-20-7-18-15-12(16(20)23)8(2)13(26-15)14(22)19-11-6-9(21(24)25)4-5-10(11)17/h4-7H,3H2,1-2H3,(H,19,22). The predicted octanol–water partition coefficient (Wildman–Crippen LogP) is 3.71. The fraction of sp³-hybridized carbons (Fsp3) is 0.188. The van der Waals surface area contributed by atoms with Crippen molar-refractivity contribution in [2.75, 3.05) is 5.32 Å². The number of nitro benzene ring substituents is 1. The van der Waals surface area contributed by atoms with Gasteiger partial charge in [0.05, 0.1) is 27.2 Å². The maximum atomic E-state index is 12.7. The van der Waals surface area contributed by atoms with Crippen LogP contribution in [0.15, 0.2) is 33.8 Å². The van der Waals surface area contributed by atoms with E-state index in [0.717, 1.165) is 11.3 Å². The van der Waals surface area contributed by atoms with Crippen LogP contribution in [0, 0.1) is 17.0 Å². The molecule has 1 N–H and O–H groups in total. The third kappa shape index (κ3) is 3.13. The molecule has 0 aliphatic carbocycles.